The molecule has 0 aliphatic rings. The van der Waals surface area contributed by atoms with Gasteiger partial charge >= 0.3 is 6.18 Å². The number of amides is 1. The monoisotopic (exact) mass is 497 g/mol. The molecule has 4 aromatic rings. The Morgan fingerprint density at radius 3 is 2.23 bits per heavy atom. The Bertz CT molecular complexity index is 1320. The Labute approximate surface area is 206 Å². The lowest BCUT2D eigenvalue weighted by Gasteiger charge is -2.19. The highest BCUT2D eigenvalue weighted by Crippen LogP contribution is 2.33. The van der Waals surface area contributed by atoms with Gasteiger partial charge in [-0.2, -0.15) is 13.2 Å². The van der Waals surface area contributed by atoms with E-state index in [4.69, 9.17) is 0 Å². The summed E-state index contributed by atoms with van der Waals surface area (Å²) in [6, 6.07) is 20.9. The summed E-state index contributed by atoms with van der Waals surface area (Å²) in [5.41, 5.74) is 2.94. The van der Waals surface area contributed by atoms with Crippen molar-refractivity contribution in [3.8, 4) is 0 Å². The van der Waals surface area contributed by atoms with Crippen molar-refractivity contribution in [3.05, 3.63) is 89.5 Å². The molecule has 35 heavy (non-hydrogen) atoms. The predicted molar refractivity (Wildman–Crippen MR) is 135 cm³/mol. The van der Waals surface area contributed by atoms with Crippen LogP contribution in [0.1, 0.15) is 37.5 Å². The summed E-state index contributed by atoms with van der Waals surface area (Å²) in [6.07, 6.45) is -4.45. The Kier molecular flexibility index (Phi) is 6.94. The van der Waals surface area contributed by atoms with E-state index in [0.29, 0.717) is 22.9 Å². The standard InChI is InChI=1S/C27H26F3N3OS/c1-26(2,3)19-9-12-21(13-10-19)31-24(34)17-35-25-32-22-15-20(27(28,29)30)11-14-23(22)33(25)16-18-7-5-4-6-8-18/h4-15H,16-17H2,1-3H3,(H,31,34). The van der Waals surface area contributed by atoms with E-state index in [0.717, 1.165) is 23.3 Å². The van der Waals surface area contributed by atoms with E-state index in [2.05, 4.69) is 31.1 Å². The van der Waals surface area contributed by atoms with Gasteiger partial charge in [-0.25, -0.2) is 4.98 Å². The van der Waals surface area contributed by atoms with E-state index in [1.54, 1.807) is 0 Å². The second-order valence-electron chi connectivity index (χ2n) is 9.33. The van der Waals surface area contributed by atoms with Gasteiger partial charge in [0.05, 0.1) is 28.9 Å². The molecule has 4 rings (SSSR count). The van der Waals surface area contributed by atoms with Crippen molar-refractivity contribution in [1.29, 1.82) is 0 Å². The Balaban J connectivity index is 1.55. The molecule has 1 heterocycles. The zero-order valence-electron chi connectivity index (χ0n) is 19.7. The van der Waals surface area contributed by atoms with Crippen LogP contribution in [0.15, 0.2) is 78.0 Å². The summed E-state index contributed by atoms with van der Waals surface area (Å²) in [4.78, 5) is 17.1. The molecule has 8 heteroatoms. The van der Waals surface area contributed by atoms with Gasteiger partial charge in [0.25, 0.3) is 0 Å². The normalized spacial score (nSPS) is 12.2. The zero-order valence-corrected chi connectivity index (χ0v) is 20.5. The molecule has 0 spiro atoms. The maximum absolute atomic E-state index is 13.2. The number of anilines is 1. The minimum absolute atomic E-state index is 0.0161. The SMILES string of the molecule is CC(C)(C)c1ccc(NC(=O)CSc2nc3cc(C(F)(F)F)ccc3n2Cc2ccccc2)cc1. The number of nitrogens with one attached hydrogen (secondary N) is 1. The van der Waals surface area contributed by atoms with E-state index < -0.39 is 11.7 Å². The Morgan fingerprint density at radius 2 is 1.60 bits per heavy atom. The number of hydrogen-bond donors (Lipinski definition) is 1. The molecule has 0 saturated carbocycles. The van der Waals surface area contributed by atoms with Crippen molar-refractivity contribution >= 4 is 34.4 Å². The fourth-order valence-electron chi connectivity index (χ4n) is 3.69. The Morgan fingerprint density at radius 1 is 0.943 bits per heavy atom. The van der Waals surface area contributed by atoms with E-state index in [1.807, 2.05) is 59.2 Å². The lowest BCUT2D eigenvalue weighted by molar-refractivity contribution is -0.137. The van der Waals surface area contributed by atoms with Crippen LogP contribution in [0.4, 0.5) is 18.9 Å². The number of carbonyl (C=O) groups excluding carboxylic acids is 1. The minimum Gasteiger partial charge on any atom is -0.325 e. The molecule has 3 aromatic carbocycles. The average Bonchev–Trinajstić information content (AvgIpc) is 3.14. The summed E-state index contributed by atoms with van der Waals surface area (Å²) < 4.78 is 41.5. The first kappa shape index (κ1) is 24.9. The number of imidazole rings is 1. The molecule has 182 valence electrons. The molecule has 0 unspecified atom stereocenters. The van der Waals surface area contributed by atoms with Crippen molar-refractivity contribution < 1.29 is 18.0 Å². The number of benzene rings is 3. The fraction of sp³-hybridized carbons (Fsp3) is 0.259. The minimum atomic E-state index is -4.45. The topological polar surface area (TPSA) is 46.9 Å². The third kappa shape index (κ3) is 6.06. The van der Waals surface area contributed by atoms with Gasteiger partial charge in [0, 0.05) is 5.69 Å². The molecule has 0 aliphatic carbocycles. The van der Waals surface area contributed by atoms with Gasteiger partial charge in [0.2, 0.25) is 5.91 Å². The highest BCUT2D eigenvalue weighted by atomic mass is 32.2. The van der Waals surface area contributed by atoms with Crippen LogP contribution >= 0.6 is 11.8 Å². The van der Waals surface area contributed by atoms with Crippen molar-refractivity contribution in [2.24, 2.45) is 0 Å². The first-order valence-corrected chi connectivity index (χ1v) is 12.1. The lowest BCUT2D eigenvalue weighted by atomic mass is 9.87. The van der Waals surface area contributed by atoms with Crippen LogP contribution in [-0.2, 0) is 22.9 Å². The molecule has 4 nitrogen and oxygen atoms in total. The summed E-state index contributed by atoms with van der Waals surface area (Å²) in [7, 11) is 0. The number of thioether (sulfide) groups is 1. The molecular weight excluding hydrogens is 471 g/mol. The van der Waals surface area contributed by atoms with Crippen LogP contribution in [0.2, 0.25) is 0 Å². The molecule has 1 aromatic heterocycles. The van der Waals surface area contributed by atoms with Crippen LogP contribution in [-0.4, -0.2) is 21.2 Å². The van der Waals surface area contributed by atoms with Crippen LogP contribution in [0, 0.1) is 0 Å². The van der Waals surface area contributed by atoms with Crippen molar-refractivity contribution in [2.75, 3.05) is 11.1 Å². The van der Waals surface area contributed by atoms with Crippen molar-refractivity contribution in [2.45, 2.75) is 44.1 Å². The van der Waals surface area contributed by atoms with E-state index in [1.165, 1.54) is 17.8 Å². The number of hydrogen-bond acceptors (Lipinski definition) is 3. The number of rotatable bonds is 6. The molecule has 1 amide bonds. The molecular formula is C27H26F3N3OS. The summed E-state index contributed by atoms with van der Waals surface area (Å²) in [5, 5.41) is 3.36. The van der Waals surface area contributed by atoms with E-state index in [-0.39, 0.29) is 22.6 Å². The molecule has 0 radical (unpaired) electrons. The maximum atomic E-state index is 13.2. The van der Waals surface area contributed by atoms with Crippen LogP contribution in [0.25, 0.3) is 11.0 Å². The van der Waals surface area contributed by atoms with Crippen LogP contribution in [0.3, 0.4) is 0 Å². The van der Waals surface area contributed by atoms with Gasteiger partial charge in [-0.15, -0.1) is 0 Å². The Hall–Kier alpha value is -3.26. The highest BCUT2D eigenvalue weighted by Gasteiger charge is 2.31. The first-order chi connectivity index (χ1) is 16.5. The van der Waals surface area contributed by atoms with Gasteiger partial charge in [-0.3, -0.25) is 4.79 Å². The van der Waals surface area contributed by atoms with Gasteiger partial charge in [-0.05, 0) is 46.9 Å². The summed E-state index contributed by atoms with van der Waals surface area (Å²) in [6.45, 7) is 6.80. The summed E-state index contributed by atoms with van der Waals surface area (Å²) >= 11 is 1.20. The molecule has 0 aliphatic heterocycles. The van der Waals surface area contributed by atoms with Gasteiger partial charge < -0.3 is 9.88 Å². The zero-order chi connectivity index (χ0) is 25.2. The second kappa shape index (κ2) is 9.77. The third-order valence-electron chi connectivity index (χ3n) is 5.59. The molecule has 1 N–H and O–H groups in total. The highest BCUT2D eigenvalue weighted by molar-refractivity contribution is 7.99. The molecule has 0 atom stereocenters. The van der Waals surface area contributed by atoms with Crippen molar-refractivity contribution in [1.82, 2.24) is 9.55 Å². The van der Waals surface area contributed by atoms with E-state index in [9.17, 15) is 18.0 Å². The van der Waals surface area contributed by atoms with Gasteiger partial charge in [0.1, 0.15) is 0 Å². The molecule has 0 bridgehead atoms. The number of nitrogens with zero attached hydrogens (tertiary/aromatic N) is 2. The van der Waals surface area contributed by atoms with Gasteiger partial charge in [-0.1, -0.05) is 75.0 Å². The summed E-state index contributed by atoms with van der Waals surface area (Å²) in [5.74, 6) is -0.140. The largest absolute Gasteiger partial charge is 0.416 e. The average molecular weight is 498 g/mol. The number of fused-ring (bicyclic) bond motifs is 1. The first-order valence-electron chi connectivity index (χ1n) is 11.2. The number of alkyl halides is 3. The van der Waals surface area contributed by atoms with Crippen molar-refractivity contribution in [3.63, 3.8) is 0 Å². The second-order valence-corrected chi connectivity index (χ2v) is 10.3. The smallest absolute Gasteiger partial charge is 0.325 e. The molecule has 0 fully saturated rings. The van der Waals surface area contributed by atoms with Gasteiger partial charge in [0.15, 0.2) is 5.16 Å². The number of aromatic nitrogens is 2. The number of halogens is 3. The van der Waals surface area contributed by atoms with E-state index >= 15 is 0 Å². The quantitative estimate of drug-likeness (QED) is 0.288. The maximum Gasteiger partial charge on any atom is 0.416 e. The third-order valence-corrected chi connectivity index (χ3v) is 6.57. The van der Waals surface area contributed by atoms with Crippen LogP contribution in [0.5, 0.6) is 0 Å². The lowest BCUT2D eigenvalue weighted by Crippen LogP contribution is -2.15. The fourth-order valence-corrected chi connectivity index (χ4v) is 4.51. The predicted octanol–water partition coefficient (Wildman–Crippen LogP) is 7.13. The van der Waals surface area contributed by atoms with Crippen LogP contribution < -0.4 is 5.32 Å². The molecule has 0 saturated heterocycles. The number of carbonyl (C=O) groups is 1.